The number of anilines is 2. The molecule has 116 valence electrons. The van der Waals surface area contributed by atoms with Crippen molar-refractivity contribution in [2.75, 3.05) is 21.9 Å². The number of nitrogens with zero attached hydrogens (tertiary/aromatic N) is 3. The summed E-state index contributed by atoms with van der Waals surface area (Å²) >= 11 is 0. The topological polar surface area (TPSA) is 84.3 Å². The van der Waals surface area contributed by atoms with E-state index in [0.29, 0.717) is 30.0 Å². The van der Waals surface area contributed by atoms with Gasteiger partial charge in [-0.1, -0.05) is 0 Å². The van der Waals surface area contributed by atoms with Crippen molar-refractivity contribution >= 4 is 27.4 Å². The maximum atomic E-state index is 12.1. The van der Waals surface area contributed by atoms with Crippen LogP contribution in [-0.2, 0) is 17.1 Å². The molecule has 22 heavy (non-hydrogen) atoms. The van der Waals surface area contributed by atoms with Crippen LogP contribution in [0.25, 0.3) is 0 Å². The Bertz CT molecular complexity index is 796. The molecule has 1 aromatic heterocycles. The highest BCUT2D eigenvalue weighted by molar-refractivity contribution is 7.93. The summed E-state index contributed by atoms with van der Waals surface area (Å²) in [6.45, 7) is 0.488. The SMILES string of the molecule is Cn1ccc(NC(=O)c2ccc(N3CCCS3(=O)=O)cc2)n1. The number of hydrogen-bond acceptors (Lipinski definition) is 4. The first kappa shape index (κ1) is 14.6. The molecular weight excluding hydrogens is 304 g/mol. The maximum absolute atomic E-state index is 12.1. The van der Waals surface area contributed by atoms with Gasteiger partial charge in [0.1, 0.15) is 0 Å². The van der Waals surface area contributed by atoms with E-state index in [1.165, 1.54) is 4.31 Å². The molecule has 1 aromatic carbocycles. The highest BCUT2D eigenvalue weighted by Gasteiger charge is 2.28. The second-order valence-corrected chi connectivity index (χ2v) is 7.13. The van der Waals surface area contributed by atoms with Crippen molar-refractivity contribution in [3.63, 3.8) is 0 Å². The number of sulfonamides is 1. The molecule has 0 aliphatic carbocycles. The number of nitrogens with one attached hydrogen (secondary N) is 1. The fourth-order valence-electron chi connectivity index (χ4n) is 2.38. The molecule has 1 saturated heterocycles. The lowest BCUT2D eigenvalue weighted by atomic mass is 10.2. The number of benzene rings is 1. The Morgan fingerprint density at radius 1 is 1.23 bits per heavy atom. The third kappa shape index (κ3) is 2.82. The van der Waals surface area contributed by atoms with Crippen molar-refractivity contribution in [2.24, 2.45) is 7.05 Å². The number of aryl methyl sites for hydroxylation is 1. The summed E-state index contributed by atoms with van der Waals surface area (Å²) in [6.07, 6.45) is 2.36. The van der Waals surface area contributed by atoms with E-state index in [9.17, 15) is 13.2 Å². The first-order chi connectivity index (χ1) is 10.5. The Morgan fingerprint density at radius 3 is 2.50 bits per heavy atom. The van der Waals surface area contributed by atoms with Crippen molar-refractivity contribution in [1.82, 2.24) is 9.78 Å². The van der Waals surface area contributed by atoms with Gasteiger partial charge in [0, 0.05) is 31.4 Å². The standard InChI is InChI=1S/C14H16N4O3S/c1-17-9-7-13(16-17)15-14(19)11-3-5-12(6-4-11)18-8-2-10-22(18,20)21/h3-7,9H,2,8,10H2,1H3,(H,15,16,19). The third-order valence-electron chi connectivity index (χ3n) is 3.47. The highest BCUT2D eigenvalue weighted by atomic mass is 32.2. The van der Waals surface area contributed by atoms with Crippen LogP contribution in [0, 0.1) is 0 Å². The van der Waals surface area contributed by atoms with Gasteiger partial charge < -0.3 is 5.32 Å². The van der Waals surface area contributed by atoms with Crippen molar-refractivity contribution in [1.29, 1.82) is 0 Å². The van der Waals surface area contributed by atoms with E-state index in [2.05, 4.69) is 10.4 Å². The zero-order valence-corrected chi connectivity index (χ0v) is 12.9. The molecule has 2 aromatic rings. The van der Waals surface area contributed by atoms with E-state index in [1.54, 1.807) is 48.3 Å². The number of aromatic nitrogens is 2. The van der Waals surface area contributed by atoms with Gasteiger partial charge in [-0.15, -0.1) is 0 Å². The summed E-state index contributed by atoms with van der Waals surface area (Å²) in [5.41, 5.74) is 1.04. The number of carbonyl (C=O) groups is 1. The number of amides is 1. The van der Waals surface area contributed by atoms with Gasteiger partial charge in [0.15, 0.2) is 5.82 Å². The zero-order chi connectivity index (χ0) is 15.7. The smallest absolute Gasteiger partial charge is 0.256 e. The van der Waals surface area contributed by atoms with E-state index in [4.69, 9.17) is 0 Å². The van der Waals surface area contributed by atoms with Crippen LogP contribution in [0.3, 0.4) is 0 Å². The molecule has 0 unspecified atom stereocenters. The number of carbonyl (C=O) groups excluding carboxylic acids is 1. The molecule has 0 bridgehead atoms. The summed E-state index contributed by atoms with van der Waals surface area (Å²) in [5.74, 6) is 0.364. The third-order valence-corrected chi connectivity index (χ3v) is 5.34. The lowest BCUT2D eigenvalue weighted by molar-refractivity contribution is 0.102. The molecule has 3 rings (SSSR count). The molecular formula is C14H16N4O3S. The lowest BCUT2D eigenvalue weighted by Gasteiger charge is -2.16. The molecule has 1 aliphatic rings. The van der Waals surface area contributed by atoms with Crippen molar-refractivity contribution < 1.29 is 13.2 Å². The second kappa shape index (κ2) is 5.45. The van der Waals surface area contributed by atoms with Crippen LogP contribution in [0.4, 0.5) is 11.5 Å². The molecule has 0 saturated carbocycles. The largest absolute Gasteiger partial charge is 0.305 e. The molecule has 2 heterocycles. The Morgan fingerprint density at radius 2 is 1.95 bits per heavy atom. The van der Waals surface area contributed by atoms with E-state index in [1.807, 2.05) is 0 Å². The Hall–Kier alpha value is -2.35. The van der Waals surface area contributed by atoms with Gasteiger partial charge in [-0.3, -0.25) is 13.8 Å². The molecule has 1 aliphatic heterocycles. The molecule has 8 heteroatoms. The van der Waals surface area contributed by atoms with E-state index >= 15 is 0 Å². The molecule has 1 amide bonds. The van der Waals surface area contributed by atoms with Crippen LogP contribution in [0.15, 0.2) is 36.5 Å². The molecule has 7 nitrogen and oxygen atoms in total. The normalized spacial score (nSPS) is 16.7. The predicted molar refractivity (Wildman–Crippen MR) is 83.4 cm³/mol. The Balaban J connectivity index is 1.75. The van der Waals surface area contributed by atoms with Crippen LogP contribution in [0.5, 0.6) is 0 Å². The monoisotopic (exact) mass is 320 g/mol. The number of rotatable bonds is 3. The van der Waals surface area contributed by atoms with Crippen LogP contribution >= 0.6 is 0 Å². The zero-order valence-electron chi connectivity index (χ0n) is 12.1. The number of hydrogen-bond donors (Lipinski definition) is 1. The van der Waals surface area contributed by atoms with Crippen LogP contribution < -0.4 is 9.62 Å². The lowest BCUT2D eigenvalue weighted by Crippen LogP contribution is -2.25. The van der Waals surface area contributed by atoms with Crippen LogP contribution in [0.1, 0.15) is 16.8 Å². The molecule has 0 radical (unpaired) electrons. The summed E-state index contributed by atoms with van der Waals surface area (Å²) in [5, 5.41) is 6.75. The van der Waals surface area contributed by atoms with E-state index in [0.717, 1.165) is 0 Å². The second-order valence-electron chi connectivity index (χ2n) is 5.12. The van der Waals surface area contributed by atoms with Crippen molar-refractivity contribution in [3.8, 4) is 0 Å². The minimum absolute atomic E-state index is 0.176. The van der Waals surface area contributed by atoms with Crippen LogP contribution in [-0.4, -0.2) is 36.4 Å². The van der Waals surface area contributed by atoms with Crippen molar-refractivity contribution in [3.05, 3.63) is 42.1 Å². The molecule has 0 spiro atoms. The van der Waals surface area contributed by atoms with Gasteiger partial charge in [-0.05, 0) is 30.7 Å². The maximum Gasteiger partial charge on any atom is 0.256 e. The minimum atomic E-state index is -3.20. The first-order valence-corrected chi connectivity index (χ1v) is 8.48. The Labute approximate surface area is 128 Å². The summed E-state index contributed by atoms with van der Waals surface area (Å²) in [7, 11) is -1.43. The fourth-order valence-corrected chi connectivity index (χ4v) is 3.94. The molecule has 0 atom stereocenters. The fraction of sp³-hybridized carbons (Fsp3) is 0.286. The minimum Gasteiger partial charge on any atom is -0.305 e. The van der Waals surface area contributed by atoms with Crippen molar-refractivity contribution in [2.45, 2.75) is 6.42 Å². The van der Waals surface area contributed by atoms with Gasteiger partial charge >= 0.3 is 0 Å². The molecule has 1 N–H and O–H groups in total. The summed E-state index contributed by atoms with van der Waals surface area (Å²) < 4.78 is 26.7. The first-order valence-electron chi connectivity index (χ1n) is 6.87. The average Bonchev–Trinajstić information content (AvgIpc) is 3.04. The molecule has 1 fully saturated rings. The predicted octanol–water partition coefficient (Wildman–Crippen LogP) is 1.21. The van der Waals surface area contributed by atoms with Crippen LogP contribution in [0.2, 0.25) is 0 Å². The van der Waals surface area contributed by atoms with Gasteiger partial charge in [0.05, 0.1) is 11.4 Å². The van der Waals surface area contributed by atoms with Gasteiger partial charge in [0.25, 0.3) is 5.91 Å². The Kier molecular flexibility index (Phi) is 3.61. The van der Waals surface area contributed by atoms with E-state index < -0.39 is 10.0 Å². The average molecular weight is 320 g/mol. The van der Waals surface area contributed by atoms with Gasteiger partial charge in [-0.25, -0.2) is 8.42 Å². The highest BCUT2D eigenvalue weighted by Crippen LogP contribution is 2.24. The van der Waals surface area contributed by atoms with Gasteiger partial charge in [-0.2, -0.15) is 5.10 Å². The quantitative estimate of drug-likeness (QED) is 0.921. The summed E-state index contributed by atoms with van der Waals surface area (Å²) in [6, 6.07) is 8.22. The van der Waals surface area contributed by atoms with Gasteiger partial charge in [0.2, 0.25) is 10.0 Å². The van der Waals surface area contributed by atoms with E-state index in [-0.39, 0.29) is 11.7 Å². The summed E-state index contributed by atoms with van der Waals surface area (Å²) in [4.78, 5) is 12.1.